The summed E-state index contributed by atoms with van der Waals surface area (Å²) in [6.45, 7) is 2.42. The molecule has 0 heterocycles. The van der Waals surface area contributed by atoms with Crippen LogP contribution in [0.5, 0.6) is 0 Å². The van der Waals surface area contributed by atoms with E-state index in [0.717, 1.165) is 21.7 Å². The van der Waals surface area contributed by atoms with E-state index in [-0.39, 0.29) is 0 Å². The zero-order valence-corrected chi connectivity index (χ0v) is 8.67. The van der Waals surface area contributed by atoms with Crippen LogP contribution < -0.4 is 0 Å². The molecule has 10 heavy (non-hydrogen) atoms. The number of hydrogen-bond acceptors (Lipinski definition) is 0. The summed E-state index contributed by atoms with van der Waals surface area (Å²) in [6, 6.07) is 0. The van der Waals surface area contributed by atoms with Crippen LogP contribution in [0, 0.1) is 17.8 Å². The molecule has 0 N–H and O–H groups in total. The van der Waals surface area contributed by atoms with E-state index in [9.17, 15) is 0 Å². The molecule has 2 atom stereocenters. The molecule has 0 saturated heterocycles. The van der Waals surface area contributed by atoms with Crippen molar-refractivity contribution in [3.63, 3.8) is 0 Å². The predicted octanol–water partition coefficient (Wildman–Crippen LogP) is 3.25. The molecular formula is C9H15I. The van der Waals surface area contributed by atoms with Crippen molar-refractivity contribution >= 4 is 22.6 Å². The van der Waals surface area contributed by atoms with E-state index in [1.165, 1.54) is 25.7 Å². The molecule has 0 aliphatic heterocycles. The Morgan fingerprint density at radius 3 is 2.00 bits per heavy atom. The highest BCUT2D eigenvalue weighted by molar-refractivity contribution is 14.1. The van der Waals surface area contributed by atoms with Crippen LogP contribution in [-0.2, 0) is 0 Å². The standard InChI is InChI=1S/C9H15I/c1-6-2-7-4-9(10)5-8(7)3-6/h6-9H,2-5H2,1H3. The Labute approximate surface area is 76.9 Å². The predicted molar refractivity (Wildman–Crippen MR) is 52.4 cm³/mol. The zero-order valence-electron chi connectivity index (χ0n) is 6.52. The number of fused-ring (bicyclic) bond motifs is 1. The Morgan fingerprint density at radius 2 is 1.50 bits per heavy atom. The van der Waals surface area contributed by atoms with Gasteiger partial charge in [-0.2, -0.15) is 0 Å². The van der Waals surface area contributed by atoms with E-state index in [1.807, 2.05) is 0 Å². The molecular weight excluding hydrogens is 235 g/mol. The van der Waals surface area contributed by atoms with Gasteiger partial charge in [-0.3, -0.25) is 0 Å². The van der Waals surface area contributed by atoms with E-state index in [0.29, 0.717) is 0 Å². The Morgan fingerprint density at radius 1 is 1.00 bits per heavy atom. The van der Waals surface area contributed by atoms with Crippen molar-refractivity contribution in [2.75, 3.05) is 0 Å². The zero-order chi connectivity index (χ0) is 7.14. The van der Waals surface area contributed by atoms with Gasteiger partial charge in [0.05, 0.1) is 0 Å². The largest absolute Gasteiger partial charge is 0.0826 e. The van der Waals surface area contributed by atoms with Gasteiger partial charge in [-0.05, 0) is 43.4 Å². The maximum absolute atomic E-state index is 2.63. The molecule has 0 amide bonds. The SMILES string of the molecule is CC1CC2CC(I)CC2C1. The summed E-state index contributed by atoms with van der Waals surface area (Å²) >= 11 is 2.63. The van der Waals surface area contributed by atoms with Crippen molar-refractivity contribution in [2.45, 2.75) is 36.5 Å². The molecule has 0 aromatic heterocycles. The molecule has 2 aliphatic rings. The first kappa shape index (κ1) is 7.38. The molecule has 58 valence electrons. The normalized spacial score (nSPS) is 53.4. The first-order chi connectivity index (χ1) is 4.75. The lowest BCUT2D eigenvalue weighted by atomic mass is 10.0. The molecule has 1 heteroatoms. The molecule has 0 aromatic rings. The highest BCUT2D eigenvalue weighted by Crippen LogP contribution is 2.48. The van der Waals surface area contributed by atoms with Gasteiger partial charge in [0.2, 0.25) is 0 Å². The summed E-state index contributed by atoms with van der Waals surface area (Å²) in [4.78, 5) is 0. The van der Waals surface area contributed by atoms with Crippen molar-refractivity contribution in [2.24, 2.45) is 17.8 Å². The van der Waals surface area contributed by atoms with Gasteiger partial charge in [-0.25, -0.2) is 0 Å². The summed E-state index contributed by atoms with van der Waals surface area (Å²) in [5, 5.41) is 0. The fourth-order valence-corrected chi connectivity index (χ4v) is 4.15. The summed E-state index contributed by atoms with van der Waals surface area (Å²) in [7, 11) is 0. The molecule has 0 bridgehead atoms. The number of alkyl halides is 1. The van der Waals surface area contributed by atoms with Crippen LogP contribution in [0.1, 0.15) is 32.6 Å². The minimum atomic E-state index is 1.01. The smallest absolute Gasteiger partial charge is 0.0115 e. The van der Waals surface area contributed by atoms with Crippen LogP contribution >= 0.6 is 22.6 Å². The van der Waals surface area contributed by atoms with Crippen molar-refractivity contribution in [3.8, 4) is 0 Å². The highest BCUT2D eigenvalue weighted by atomic mass is 127. The van der Waals surface area contributed by atoms with Gasteiger partial charge >= 0.3 is 0 Å². The Hall–Kier alpha value is 0.730. The van der Waals surface area contributed by atoms with Crippen molar-refractivity contribution in [1.82, 2.24) is 0 Å². The van der Waals surface area contributed by atoms with Crippen LogP contribution in [0.15, 0.2) is 0 Å². The van der Waals surface area contributed by atoms with Gasteiger partial charge in [-0.15, -0.1) is 0 Å². The second-order valence-electron chi connectivity index (χ2n) is 4.17. The Bertz CT molecular complexity index is 105. The molecule has 2 aliphatic carbocycles. The van der Waals surface area contributed by atoms with Gasteiger partial charge in [0, 0.05) is 3.92 Å². The van der Waals surface area contributed by atoms with E-state index in [1.54, 1.807) is 0 Å². The maximum Gasteiger partial charge on any atom is 0.0115 e. The molecule has 2 rings (SSSR count). The summed E-state index contributed by atoms with van der Waals surface area (Å²) in [5.41, 5.74) is 0. The molecule has 0 aromatic carbocycles. The molecule has 0 spiro atoms. The summed E-state index contributed by atoms with van der Waals surface area (Å²) < 4.78 is 1.01. The van der Waals surface area contributed by atoms with Gasteiger partial charge < -0.3 is 0 Å². The van der Waals surface area contributed by atoms with E-state index >= 15 is 0 Å². The molecule has 2 saturated carbocycles. The Balaban J connectivity index is 2.00. The minimum absolute atomic E-state index is 1.01. The fourth-order valence-electron chi connectivity index (χ4n) is 2.85. The second kappa shape index (κ2) is 2.65. The first-order valence-corrected chi connectivity index (χ1v) is 5.64. The first-order valence-electron chi connectivity index (χ1n) is 4.39. The van der Waals surface area contributed by atoms with Crippen LogP contribution in [0.25, 0.3) is 0 Å². The third-order valence-corrected chi connectivity index (χ3v) is 4.21. The van der Waals surface area contributed by atoms with Crippen molar-refractivity contribution in [3.05, 3.63) is 0 Å². The fraction of sp³-hybridized carbons (Fsp3) is 1.00. The molecule has 0 nitrogen and oxygen atoms in total. The monoisotopic (exact) mass is 250 g/mol. The van der Waals surface area contributed by atoms with Crippen LogP contribution in [0.3, 0.4) is 0 Å². The van der Waals surface area contributed by atoms with E-state index in [2.05, 4.69) is 29.5 Å². The molecule has 2 unspecified atom stereocenters. The number of hydrogen-bond donors (Lipinski definition) is 0. The van der Waals surface area contributed by atoms with Crippen molar-refractivity contribution in [1.29, 1.82) is 0 Å². The van der Waals surface area contributed by atoms with Crippen molar-refractivity contribution < 1.29 is 0 Å². The quantitative estimate of drug-likeness (QED) is 0.457. The van der Waals surface area contributed by atoms with Gasteiger partial charge in [0.15, 0.2) is 0 Å². The second-order valence-corrected chi connectivity index (χ2v) is 5.93. The number of halogens is 1. The third-order valence-electron chi connectivity index (χ3n) is 3.19. The lowest BCUT2D eigenvalue weighted by Gasteiger charge is -2.04. The third kappa shape index (κ3) is 1.21. The molecule has 2 fully saturated rings. The minimum Gasteiger partial charge on any atom is -0.0826 e. The van der Waals surface area contributed by atoms with Gasteiger partial charge in [0.25, 0.3) is 0 Å². The number of rotatable bonds is 0. The highest BCUT2D eigenvalue weighted by Gasteiger charge is 2.38. The van der Waals surface area contributed by atoms with Crippen LogP contribution in [0.2, 0.25) is 0 Å². The lowest BCUT2D eigenvalue weighted by Crippen LogP contribution is -1.95. The van der Waals surface area contributed by atoms with E-state index < -0.39 is 0 Å². The van der Waals surface area contributed by atoms with Gasteiger partial charge in [0.1, 0.15) is 0 Å². The molecule has 0 radical (unpaired) electrons. The average molecular weight is 250 g/mol. The maximum atomic E-state index is 2.63. The summed E-state index contributed by atoms with van der Waals surface area (Å²) in [5.74, 6) is 3.28. The van der Waals surface area contributed by atoms with Crippen LogP contribution in [0.4, 0.5) is 0 Å². The van der Waals surface area contributed by atoms with Gasteiger partial charge in [-0.1, -0.05) is 29.5 Å². The lowest BCUT2D eigenvalue weighted by molar-refractivity contribution is 0.457. The Kier molecular flexibility index (Phi) is 1.96. The van der Waals surface area contributed by atoms with Crippen LogP contribution in [-0.4, -0.2) is 3.92 Å². The topological polar surface area (TPSA) is 0 Å². The van der Waals surface area contributed by atoms with E-state index in [4.69, 9.17) is 0 Å². The summed E-state index contributed by atoms with van der Waals surface area (Å²) in [6.07, 6.45) is 6.11. The average Bonchev–Trinajstić information content (AvgIpc) is 2.21.